The van der Waals surface area contributed by atoms with E-state index in [0.717, 1.165) is 34.6 Å². The summed E-state index contributed by atoms with van der Waals surface area (Å²) in [6, 6.07) is 24.5. The van der Waals surface area contributed by atoms with Crippen molar-refractivity contribution in [2.45, 2.75) is 26.4 Å². The maximum absolute atomic E-state index is 13.7. The number of para-hydroxylation sites is 1. The van der Waals surface area contributed by atoms with Crippen molar-refractivity contribution in [1.29, 1.82) is 0 Å². The number of nitrogens with one attached hydrogen (secondary N) is 2. The Labute approximate surface area is 193 Å². The van der Waals surface area contributed by atoms with Crippen LogP contribution in [0.3, 0.4) is 0 Å². The number of benzene rings is 3. The molecule has 2 heterocycles. The summed E-state index contributed by atoms with van der Waals surface area (Å²) < 4.78 is 2.12. The first kappa shape index (κ1) is 20.8. The minimum Gasteiger partial charge on any atom is -0.370 e. The lowest BCUT2D eigenvalue weighted by atomic mass is 9.96. The zero-order valence-corrected chi connectivity index (χ0v) is 18.6. The molecule has 5 nitrogen and oxygen atoms in total. The highest BCUT2D eigenvalue weighted by molar-refractivity contribution is 6.06. The second-order valence-corrected chi connectivity index (χ2v) is 8.46. The third-order valence-corrected chi connectivity index (χ3v) is 6.22. The number of rotatable bonds is 4. The molecule has 1 aromatic heterocycles. The van der Waals surface area contributed by atoms with Gasteiger partial charge in [0.15, 0.2) is 5.78 Å². The number of nitrogens with zero attached hydrogens (tertiary/aromatic N) is 1. The third-order valence-electron chi connectivity index (χ3n) is 6.22. The van der Waals surface area contributed by atoms with E-state index in [-0.39, 0.29) is 11.7 Å². The van der Waals surface area contributed by atoms with Crippen LogP contribution in [-0.2, 0) is 6.54 Å². The fourth-order valence-corrected chi connectivity index (χ4v) is 4.44. The summed E-state index contributed by atoms with van der Waals surface area (Å²) in [5, 5.41) is 6.41. The third kappa shape index (κ3) is 3.94. The summed E-state index contributed by atoms with van der Waals surface area (Å²) in [6.07, 6.45) is 2.01. The number of anilines is 2. The number of hydrogen-bond acceptors (Lipinski definition) is 3. The van der Waals surface area contributed by atoms with Crippen molar-refractivity contribution in [1.82, 2.24) is 4.57 Å². The van der Waals surface area contributed by atoms with Crippen LogP contribution in [0.15, 0.2) is 85.1 Å². The molecule has 2 N–H and O–H groups in total. The highest BCUT2D eigenvalue weighted by atomic mass is 16.1. The molecule has 4 aromatic rings. The lowest BCUT2D eigenvalue weighted by molar-refractivity contribution is 0.0966. The maximum atomic E-state index is 13.7. The van der Waals surface area contributed by atoms with Crippen LogP contribution in [0.1, 0.15) is 49.1 Å². The van der Waals surface area contributed by atoms with Crippen LogP contribution in [0.5, 0.6) is 0 Å². The topological polar surface area (TPSA) is 63.1 Å². The molecule has 1 aliphatic heterocycles. The van der Waals surface area contributed by atoms with E-state index in [2.05, 4.69) is 21.3 Å². The van der Waals surface area contributed by atoms with Gasteiger partial charge in [-0.2, -0.15) is 0 Å². The van der Waals surface area contributed by atoms with Gasteiger partial charge in [-0.05, 0) is 73.0 Å². The van der Waals surface area contributed by atoms with Gasteiger partial charge in [-0.1, -0.05) is 36.4 Å². The minimum absolute atomic E-state index is 0.000864. The average Bonchev–Trinajstić information content (AvgIpc) is 3.20. The van der Waals surface area contributed by atoms with Crippen molar-refractivity contribution >= 4 is 23.1 Å². The van der Waals surface area contributed by atoms with Gasteiger partial charge in [0.25, 0.3) is 5.91 Å². The first-order valence-electron chi connectivity index (χ1n) is 11.0. The normalized spacial score (nSPS) is 14.4. The number of aryl methyl sites for hydroxylation is 2. The van der Waals surface area contributed by atoms with Gasteiger partial charge in [-0.3, -0.25) is 9.59 Å². The lowest BCUT2D eigenvalue weighted by Gasteiger charge is -2.19. The van der Waals surface area contributed by atoms with Crippen LogP contribution in [0.2, 0.25) is 0 Å². The largest absolute Gasteiger partial charge is 0.370 e. The molecule has 0 fully saturated rings. The Morgan fingerprint density at radius 1 is 0.879 bits per heavy atom. The van der Waals surface area contributed by atoms with Gasteiger partial charge in [0, 0.05) is 40.9 Å². The molecule has 0 radical (unpaired) electrons. The molecule has 0 saturated heterocycles. The zero-order valence-electron chi connectivity index (χ0n) is 18.6. The SMILES string of the molecule is Cc1ccccc1C(=O)Nc1ccc(C(=O)C2Nc3ccccc3Cn3cccc32)c(C)c1. The fourth-order valence-electron chi connectivity index (χ4n) is 4.44. The van der Waals surface area contributed by atoms with Crippen molar-refractivity contribution < 1.29 is 9.59 Å². The summed E-state index contributed by atoms with van der Waals surface area (Å²) in [6.45, 7) is 4.54. The summed E-state index contributed by atoms with van der Waals surface area (Å²) >= 11 is 0. The number of fused-ring (bicyclic) bond motifs is 2. The molecule has 5 rings (SSSR count). The van der Waals surface area contributed by atoms with Gasteiger partial charge in [0.2, 0.25) is 0 Å². The number of carbonyl (C=O) groups excluding carboxylic acids is 2. The molecule has 1 unspecified atom stereocenters. The van der Waals surface area contributed by atoms with Crippen molar-refractivity contribution in [3.05, 3.63) is 119 Å². The van der Waals surface area contributed by atoms with Gasteiger partial charge in [-0.25, -0.2) is 0 Å². The molecule has 1 atom stereocenters. The fraction of sp³-hybridized carbons (Fsp3) is 0.143. The van der Waals surface area contributed by atoms with Gasteiger partial charge in [-0.15, -0.1) is 0 Å². The highest BCUT2D eigenvalue weighted by Gasteiger charge is 2.28. The number of aromatic nitrogens is 1. The summed E-state index contributed by atoms with van der Waals surface area (Å²) in [5.41, 5.74) is 6.73. The molecule has 5 heteroatoms. The van der Waals surface area contributed by atoms with Gasteiger partial charge >= 0.3 is 0 Å². The maximum Gasteiger partial charge on any atom is 0.255 e. The van der Waals surface area contributed by atoms with Crippen LogP contribution in [0.4, 0.5) is 11.4 Å². The summed E-state index contributed by atoms with van der Waals surface area (Å²) in [5.74, 6) is -0.160. The van der Waals surface area contributed by atoms with Crippen LogP contribution in [0.25, 0.3) is 0 Å². The van der Waals surface area contributed by atoms with Gasteiger partial charge < -0.3 is 15.2 Å². The van der Waals surface area contributed by atoms with Crippen molar-refractivity contribution in [3.63, 3.8) is 0 Å². The smallest absolute Gasteiger partial charge is 0.255 e. The van der Waals surface area contributed by atoms with Gasteiger partial charge in [0.05, 0.1) is 0 Å². The van der Waals surface area contributed by atoms with E-state index >= 15 is 0 Å². The molecule has 3 aromatic carbocycles. The average molecular weight is 436 g/mol. The number of hydrogen-bond donors (Lipinski definition) is 2. The number of ketones is 1. The second kappa shape index (κ2) is 8.43. The minimum atomic E-state index is -0.491. The Morgan fingerprint density at radius 3 is 2.48 bits per heavy atom. The molecule has 1 aliphatic rings. The zero-order chi connectivity index (χ0) is 22.9. The highest BCUT2D eigenvalue weighted by Crippen LogP contribution is 2.32. The molecular weight excluding hydrogens is 410 g/mol. The number of amides is 1. The van der Waals surface area contributed by atoms with E-state index in [9.17, 15) is 9.59 Å². The van der Waals surface area contributed by atoms with Crippen LogP contribution >= 0.6 is 0 Å². The summed E-state index contributed by atoms with van der Waals surface area (Å²) in [7, 11) is 0. The first-order valence-corrected chi connectivity index (χ1v) is 11.0. The summed E-state index contributed by atoms with van der Waals surface area (Å²) in [4.78, 5) is 26.4. The van der Waals surface area contributed by atoms with E-state index in [1.807, 2.05) is 74.6 Å². The lowest BCUT2D eigenvalue weighted by Crippen LogP contribution is -2.23. The quantitative estimate of drug-likeness (QED) is 0.401. The second-order valence-electron chi connectivity index (χ2n) is 8.46. The van der Waals surface area contributed by atoms with E-state index < -0.39 is 6.04 Å². The van der Waals surface area contributed by atoms with E-state index in [0.29, 0.717) is 16.8 Å². The Bertz CT molecular complexity index is 1370. The monoisotopic (exact) mass is 435 g/mol. The molecule has 0 spiro atoms. The van der Waals surface area contributed by atoms with E-state index in [1.54, 1.807) is 18.2 Å². The Balaban J connectivity index is 1.43. The Hall–Kier alpha value is -4.12. The number of carbonyl (C=O) groups is 2. The molecule has 164 valence electrons. The Kier molecular flexibility index (Phi) is 5.31. The first-order chi connectivity index (χ1) is 16.0. The van der Waals surface area contributed by atoms with Gasteiger partial charge in [0.1, 0.15) is 6.04 Å². The molecule has 33 heavy (non-hydrogen) atoms. The molecule has 1 amide bonds. The van der Waals surface area contributed by atoms with Crippen LogP contribution in [0, 0.1) is 13.8 Å². The van der Waals surface area contributed by atoms with E-state index in [1.165, 1.54) is 0 Å². The Morgan fingerprint density at radius 2 is 1.67 bits per heavy atom. The van der Waals surface area contributed by atoms with Crippen LogP contribution < -0.4 is 10.6 Å². The number of Topliss-reactive ketones (excluding diaryl/α,β-unsaturated/α-hetero) is 1. The predicted octanol–water partition coefficient (Wildman–Crippen LogP) is 5.76. The van der Waals surface area contributed by atoms with Crippen molar-refractivity contribution in [2.24, 2.45) is 0 Å². The van der Waals surface area contributed by atoms with Crippen LogP contribution in [-0.4, -0.2) is 16.3 Å². The standard InChI is InChI=1S/C28H25N3O2/c1-18-8-3-5-10-23(18)28(33)29-21-13-14-22(19(2)16-21)27(32)26-25-12-7-15-31(25)17-20-9-4-6-11-24(20)30-26/h3-16,26,30H,17H2,1-2H3,(H,29,33). The molecular formula is C28H25N3O2. The van der Waals surface area contributed by atoms with Crippen molar-refractivity contribution in [3.8, 4) is 0 Å². The predicted molar refractivity (Wildman–Crippen MR) is 131 cm³/mol. The van der Waals surface area contributed by atoms with Crippen molar-refractivity contribution in [2.75, 3.05) is 10.6 Å². The molecule has 0 saturated carbocycles. The van der Waals surface area contributed by atoms with E-state index in [4.69, 9.17) is 0 Å². The molecule has 0 bridgehead atoms. The molecule has 0 aliphatic carbocycles.